The first-order valence-corrected chi connectivity index (χ1v) is 6.49. The molecule has 0 aliphatic carbocycles. The van der Waals surface area contributed by atoms with E-state index in [1.807, 2.05) is 13.8 Å². The summed E-state index contributed by atoms with van der Waals surface area (Å²) in [5.74, 6) is -0.656. The zero-order chi connectivity index (χ0) is 14.4. The third-order valence-electron chi connectivity index (χ3n) is 2.68. The van der Waals surface area contributed by atoms with Crippen molar-refractivity contribution >= 4 is 11.9 Å². The van der Waals surface area contributed by atoms with Gasteiger partial charge in [0, 0.05) is 0 Å². The molecule has 0 fully saturated rings. The van der Waals surface area contributed by atoms with E-state index in [4.69, 9.17) is 9.47 Å². The summed E-state index contributed by atoms with van der Waals surface area (Å²) in [5, 5.41) is 0. The topological polar surface area (TPSA) is 52.6 Å². The minimum Gasteiger partial charge on any atom is -0.462 e. The van der Waals surface area contributed by atoms with E-state index in [1.165, 1.54) is 0 Å². The van der Waals surface area contributed by atoms with Gasteiger partial charge in [-0.1, -0.05) is 19.9 Å². The van der Waals surface area contributed by atoms with Crippen molar-refractivity contribution in [3.63, 3.8) is 0 Å². The van der Waals surface area contributed by atoms with E-state index in [0.717, 1.165) is 5.56 Å². The third kappa shape index (κ3) is 3.81. The Hall–Kier alpha value is -1.84. The molecule has 0 atom stereocenters. The Balaban J connectivity index is 3.18. The second-order valence-electron chi connectivity index (χ2n) is 4.40. The number of esters is 2. The number of rotatable bonds is 5. The van der Waals surface area contributed by atoms with Crippen LogP contribution in [0.5, 0.6) is 0 Å². The van der Waals surface area contributed by atoms with E-state index in [2.05, 4.69) is 0 Å². The van der Waals surface area contributed by atoms with Crippen LogP contribution in [0, 0.1) is 0 Å². The maximum absolute atomic E-state index is 11.9. The van der Waals surface area contributed by atoms with Gasteiger partial charge in [-0.2, -0.15) is 0 Å². The quantitative estimate of drug-likeness (QED) is 0.766. The van der Waals surface area contributed by atoms with Crippen molar-refractivity contribution in [3.8, 4) is 0 Å². The molecule has 0 aromatic heterocycles. The SMILES string of the molecule is CCOC(=O)c1ccc(C(C)C)c(C(=O)OCC)c1. The molecule has 0 unspecified atom stereocenters. The normalized spacial score (nSPS) is 10.4. The van der Waals surface area contributed by atoms with E-state index in [-0.39, 0.29) is 5.92 Å². The van der Waals surface area contributed by atoms with Crippen LogP contribution in [0.25, 0.3) is 0 Å². The van der Waals surface area contributed by atoms with E-state index >= 15 is 0 Å². The average molecular weight is 264 g/mol. The highest BCUT2D eigenvalue weighted by atomic mass is 16.5. The predicted molar refractivity (Wildman–Crippen MR) is 72.4 cm³/mol. The van der Waals surface area contributed by atoms with E-state index in [9.17, 15) is 9.59 Å². The highest BCUT2D eigenvalue weighted by Crippen LogP contribution is 2.22. The molecule has 0 aliphatic heterocycles. The third-order valence-corrected chi connectivity index (χ3v) is 2.68. The molecule has 4 heteroatoms. The Morgan fingerprint density at radius 1 is 1.05 bits per heavy atom. The highest BCUT2D eigenvalue weighted by Gasteiger charge is 2.18. The van der Waals surface area contributed by atoms with Crippen LogP contribution < -0.4 is 0 Å². The largest absolute Gasteiger partial charge is 0.462 e. The molecule has 104 valence electrons. The van der Waals surface area contributed by atoms with Crippen LogP contribution in [0.4, 0.5) is 0 Å². The number of carbonyl (C=O) groups excluding carboxylic acids is 2. The molecule has 0 radical (unpaired) electrons. The van der Waals surface area contributed by atoms with Gasteiger partial charge in [0.2, 0.25) is 0 Å². The number of carbonyl (C=O) groups is 2. The Labute approximate surface area is 113 Å². The fourth-order valence-corrected chi connectivity index (χ4v) is 1.79. The van der Waals surface area contributed by atoms with Gasteiger partial charge in [0.05, 0.1) is 24.3 Å². The molecule has 0 saturated heterocycles. The number of hydrogen-bond donors (Lipinski definition) is 0. The van der Waals surface area contributed by atoms with Gasteiger partial charge < -0.3 is 9.47 Å². The van der Waals surface area contributed by atoms with Crippen molar-refractivity contribution in [2.45, 2.75) is 33.6 Å². The van der Waals surface area contributed by atoms with E-state index < -0.39 is 11.9 Å². The monoisotopic (exact) mass is 264 g/mol. The average Bonchev–Trinajstić information content (AvgIpc) is 2.38. The summed E-state index contributed by atoms with van der Waals surface area (Å²) in [6, 6.07) is 5.00. The second-order valence-corrected chi connectivity index (χ2v) is 4.40. The van der Waals surface area contributed by atoms with Gasteiger partial charge in [-0.25, -0.2) is 9.59 Å². The lowest BCUT2D eigenvalue weighted by molar-refractivity contribution is 0.0524. The molecule has 0 saturated carbocycles. The Kier molecular flexibility index (Phi) is 5.55. The molecule has 0 aliphatic rings. The zero-order valence-corrected chi connectivity index (χ0v) is 11.9. The molecular formula is C15H20O4. The van der Waals surface area contributed by atoms with Gasteiger partial charge in [-0.15, -0.1) is 0 Å². The lowest BCUT2D eigenvalue weighted by Crippen LogP contribution is -2.12. The summed E-state index contributed by atoms with van der Waals surface area (Å²) in [5.41, 5.74) is 1.67. The van der Waals surface area contributed by atoms with Crippen molar-refractivity contribution < 1.29 is 19.1 Å². The van der Waals surface area contributed by atoms with Gasteiger partial charge in [0.15, 0.2) is 0 Å². The van der Waals surface area contributed by atoms with Crippen LogP contribution >= 0.6 is 0 Å². The van der Waals surface area contributed by atoms with Gasteiger partial charge >= 0.3 is 11.9 Å². The molecule has 1 aromatic rings. The molecule has 0 heterocycles. The lowest BCUT2D eigenvalue weighted by Gasteiger charge is -2.13. The van der Waals surface area contributed by atoms with Gasteiger partial charge in [-0.3, -0.25) is 0 Å². The van der Waals surface area contributed by atoms with Crippen molar-refractivity contribution in [2.24, 2.45) is 0 Å². The maximum Gasteiger partial charge on any atom is 0.338 e. The van der Waals surface area contributed by atoms with Crippen LogP contribution in [-0.2, 0) is 9.47 Å². The molecule has 1 aromatic carbocycles. The Morgan fingerprint density at radius 2 is 1.63 bits per heavy atom. The smallest absolute Gasteiger partial charge is 0.338 e. The van der Waals surface area contributed by atoms with Gasteiger partial charge in [0.25, 0.3) is 0 Å². The summed E-state index contributed by atoms with van der Waals surface area (Å²) in [4.78, 5) is 23.6. The summed E-state index contributed by atoms with van der Waals surface area (Å²) >= 11 is 0. The van der Waals surface area contributed by atoms with Crippen LogP contribution in [-0.4, -0.2) is 25.2 Å². The molecule has 0 spiro atoms. The van der Waals surface area contributed by atoms with Crippen LogP contribution in [0.15, 0.2) is 18.2 Å². The zero-order valence-electron chi connectivity index (χ0n) is 11.9. The van der Waals surface area contributed by atoms with E-state index in [0.29, 0.717) is 24.3 Å². The fraction of sp³-hybridized carbons (Fsp3) is 0.467. The molecular weight excluding hydrogens is 244 g/mol. The van der Waals surface area contributed by atoms with E-state index in [1.54, 1.807) is 32.0 Å². The molecule has 0 N–H and O–H groups in total. The Morgan fingerprint density at radius 3 is 2.16 bits per heavy atom. The first kappa shape index (κ1) is 15.2. The van der Waals surface area contributed by atoms with Crippen molar-refractivity contribution in [1.82, 2.24) is 0 Å². The predicted octanol–water partition coefficient (Wildman–Crippen LogP) is 3.16. The second kappa shape index (κ2) is 6.92. The molecule has 0 bridgehead atoms. The fourth-order valence-electron chi connectivity index (χ4n) is 1.79. The first-order valence-electron chi connectivity index (χ1n) is 6.49. The highest BCUT2D eigenvalue weighted by molar-refractivity contribution is 5.96. The van der Waals surface area contributed by atoms with Crippen molar-refractivity contribution in [1.29, 1.82) is 0 Å². The summed E-state index contributed by atoms with van der Waals surface area (Å²) in [6.45, 7) is 8.08. The lowest BCUT2D eigenvalue weighted by atomic mass is 9.95. The van der Waals surface area contributed by atoms with Crippen LogP contribution in [0.2, 0.25) is 0 Å². The number of benzene rings is 1. The summed E-state index contributed by atoms with van der Waals surface area (Å²) in [6.07, 6.45) is 0. The standard InChI is InChI=1S/C15H20O4/c1-5-18-14(16)11-7-8-12(10(3)4)13(9-11)15(17)19-6-2/h7-10H,5-6H2,1-4H3. The molecule has 0 amide bonds. The summed E-state index contributed by atoms with van der Waals surface area (Å²) < 4.78 is 9.95. The van der Waals surface area contributed by atoms with Crippen molar-refractivity contribution in [3.05, 3.63) is 34.9 Å². The van der Waals surface area contributed by atoms with Crippen LogP contribution in [0.3, 0.4) is 0 Å². The van der Waals surface area contributed by atoms with Gasteiger partial charge in [-0.05, 0) is 37.5 Å². The number of hydrogen-bond acceptors (Lipinski definition) is 4. The summed E-state index contributed by atoms with van der Waals surface area (Å²) in [7, 11) is 0. The van der Waals surface area contributed by atoms with Crippen molar-refractivity contribution in [2.75, 3.05) is 13.2 Å². The maximum atomic E-state index is 11.9. The number of ether oxygens (including phenoxy) is 2. The molecule has 19 heavy (non-hydrogen) atoms. The minimum atomic E-state index is -0.427. The van der Waals surface area contributed by atoms with Crippen LogP contribution in [0.1, 0.15) is 59.9 Å². The Bertz CT molecular complexity index is 463. The first-order chi connectivity index (χ1) is 9.01. The molecule has 4 nitrogen and oxygen atoms in total. The van der Waals surface area contributed by atoms with Gasteiger partial charge in [0.1, 0.15) is 0 Å². The molecule has 1 rings (SSSR count). The minimum absolute atomic E-state index is 0.177.